The molecule has 1 aliphatic rings. The molecule has 7 heteroatoms. The second kappa shape index (κ2) is 7.08. The van der Waals surface area contributed by atoms with Crippen LogP contribution in [0.3, 0.4) is 0 Å². The van der Waals surface area contributed by atoms with Crippen LogP contribution in [0.15, 0.2) is 0 Å². The van der Waals surface area contributed by atoms with E-state index in [-0.39, 0.29) is 37.9 Å². The van der Waals surface area contributed by atoms with E-state index in [1.807, 2.05) is 0 Å². The van der Waals surface area contributed by atoms with Gasteiger partial charge in [-0.1, -0.05) is 0 Å². The summed E-state index contributed by atoms with van der Waals surface area (Å²) in [4.78, 5) is 35.1. The van der Waals surface area contributed by atoms with Gasteiger partial charge in [0.1, 0.15) is 12.2 Å². The first-order chi connectivity index (χ1) is 8.97. The van der Waals surface area contributed by atoms with Crippen molar-refractivity contribution in [2.24, 2.45) is 0 Å². The molecular formula is C12H19NO6. The van der Waals surface area contributed by atoms with Gasteiger partial charge in [0.2, 0.25) is 0 Å². The molecular weight excluding hydrogens is 254 g/mol. The van der Waals surface area contributed by atoms with Gasteiger partial charge in [0.15, 0.2) is 0 Å². The molecule has 1 fully saturated rings. The van der Waals surface area contributed by atoms with Crippen LogP contribution in [0.2, 0.25) is 0 Å². The number of hydrogen-bond donors (Lipinski definition) is 1. The number of carbonyl (C=O) groups excluding carboxylic acids is 2. The van der Waals surface area contributed by atoms with E-state index >= 15 is 0 Å². The summed E-state index contributed by atoms with van der Waals surface area (Å²) in [5.74, 6) is -0.887. The first kappa shape index (κ1) is 15.4. The number of ketones is 1. The number of methoxy groups -OCH3 is 1. The normalized spacial score (nSPS) is 22.3. The molecule has 1 rings (SSSR count). The fourth-order valence-corrected chi connectivity index (χ4v) is 2.18. The van der Waals surface area contributed by atoms with Crippen molar-refractivity contribution in [2.45, 2.75) is 38.3 Å². The minimum absolute atomic E-state index is 0.0188. The first-order valence-electron chi connectivity index (χ1n) is 6.17. The van der Waals surface area contributed by atoms with Crippen LogP contribution in [0.1, 0.15) is 26.2 Å². The zero-order valence-electron chi connectivity index (χ0n) is 11.1. The Morgan fingerprint density at radius 1 is 1.37 bits per heavy atom. The Kier molecular flexibility index (Phi) is 5.75. The van der Waals surface area contributed by atoms with Crippen molar-refractivity contribution < 1.29 is 29.0 Å². The largest absolute Gasteiger partial charge is 0.466 e. The minimum Gasteiger partial charge on any atom is -0.466 e. The van der Waals surface area contributed by atoms with E-state index in [9.17, 15) is 14.4 Å². The number of Topliss-reactive ketones (excluding diaryl/α,β-unsaturated/α-hetero) is 1. The van der Waals surface area contributed by atoms with Crippen LogP contribution in [-0.2, 0) is 19.1 Å². The highest BCUT2D eigenvalue weighted by Gasteiger charge is 2.36. The second-order valence-corrected chi connectivity index (χ2v) is 4.41. The van der Waals surface area contributed by atoms with Gasteiger partial charge in [0.05, 0.1) is 19.3 Å². The molecule has 1 amide bonds. The number of hydrogen-bond acceptors (Lipinski definition) is 5. The number of carboxylic acid groups (broad SMARTS) is 1. The molecule has 2 unspecified atom stereocenters. The predicted molar refractivity (Wildman–Crippen MR) is 64.8 cm³/mol. The van der Waals surface area contributed by atoms with Gasteiger partial charge in [-0.25, -0.2) is 4.79 Å². The monoisotopic (exact) mass is 273 g/mol. The Bertz CT molecular complexity index is 356. The number of likely N-dealkylation sites (tertiary alicyclic amines) is 1. The van der Waals surface area contributed by atoms with Gasteiger partial charge in [-0.05, 0) is 13.3 Å². The number of esters is 1. The maximum atomic E-state index is 11.7. The van der Waals surface area contributed by atoms with Crippen LogP contribution in [-0.4, -0.2) is 60.3 Å². The highest BCUT2D eigenvalue weighted by Crippen LogP contribution is 2.23. The fraction of sp³-hybridized carbons (Fsp3) is 0.750. The highest BCUT2D eigenvalue weighted by atomic mass is 16.5. The lowest BCUT2D eigenvalue weighted by atomic mass is 10.1. The second-order valence-electron chi connectivity index (χ2n) is 4.41. The lowest BCUT2D eigenvalue weighted by molar-refractivity contribution is -0.145. The Hall–Kier alpha value is -1.63. The predicted octanol–water partition coefficient (Wildman–Crippen LogP) is 0.666. The fourth-order valence-electron chi connectivity index (χ4n) is 2.18. The SMILES string of the molecule is CCOC(=O)CC(=O)CC1CC(OC)CN1C(=O)O. The van der Waals surface area contributed by atoms with Crippen LogP contribution in [0.5, 0.6) is 0 Å². The molecule has 0 saturated carbocycles. The van der Waals surface area contributed by atoms with Crippen molar-refractivity contribution in [1.82, 2.24) is 4.90 Å². The maximum absolute atomic E-state index is 11.7. The third-order valence-corrected chi connectivity index (χ3v) is 3.07. The van der Waals surface area contributed by atoms with Gasteiger partial charge in [-0.15, -0.1) is 0 Å². The summed E-state index contributed by atoms with van der Waals surface area (Å²) in [6.45, 7) is 2.14. The molecule has 108 valence electrons. The molecule has 0 aromatic heterocycles. The van der Waals surface area contributed by atoms with Gasteiger partial charge < -0.3 is 19.5 Å². The van der Waals surface area contributed by atoms with E-state index in [1.165, 1.54) is 12.0 Å². The molecule has 1 heterocycles. The average molecular weight is 273 g/mol. The Morgan fingerprint density at radius 3 is 2.58 bits per heavy atom. The lowest BCUT2D eigenvalue weighted by Crippen LogP contribution is -2.36. The number of nitrogens with zero attached hydrogens (tertiary/aromatic N) is 1. The van der Waals surface area contributed by atoms with E-state index in [0.717, 1.165) is 0 Å². The topological polar surface area (TPSA) is 93.1 Å². The molecule has 1 N–H and O–H groups in total. The number of amides is 1. The molecule has 0 spiro atoms. The van der Waals surface area contributed by atoms with Crippen molar-refractivity contribution >= 4 is 17.8 Å². The summed E-state index contributed by atoms with van der Waals surface area (Å²) in [7, 11) is 1.51. The molecule has 0 aliphatic carbocycles. The zero-order chi connectivity index (χ0) is 14.4. The van der Waals surface area contributed by atoms with E-state index in [2.05, 4.69) is 4.74 Å². The Balaban J connectivity index is 2.52. The van der Waals surface area contributed by atoms with E-state index in [4.69, 9.17) is 9.84 Å². The van der Waals surface area contributed by atoms with Gasteiger partial charge in [0.25, 0.3) is 0 Å². The van der Waals surface area contributed by atoms with E-state index < -0.39 is 18.1 Å². The number of rotatable bonds is 6. The smallest absolute Gasteiger partial charge is 0.407 e. The number of ether oxygens (including phenoxy) is 2. The molecule has 7 nitrogen and oxygen atoms in total. The van der Waals surface area contributed by atoms with Gasteiger partial charge >= 0.3 is 12.1 Å². The number of carbonyl (C=O) groups is 3. The molecule has 0 aromatic rings. The van der Waals surface area contributed by atoms with Gasteiger partial charge in [0, 0.05) is 19.6 Å². The van der Waals surface area contributed by atoms with E-state index in [0.29, 0.717) is 6.42 Å². The minimum atomic E-state index is -1.08. The van der Waals surface area contributed by atoms with Crippen LogP contribution < -0.4 is 0 Å². The molecule has 1 saturated heterocycles. The van der Waals surface area contributed by atoms with Crippen LogP contribution in [0, 0.1) is 0 Å². The van der Waals surface area contributed by atoms with Gasteiger partial charge in [-0.3, -0.25) is 9.59 Å². The highest BCUT2D eigenvalue weighted by molar-refractivity contribution is 5.95. The average Bonchev–Trinajstić information content (AvgIpc) is 2.72. The van der Waals surface area contributed by atoms with Crippen LogP contribution >= 0.6 is 0 Å². The Morgan fingerprint density at radius 2 is 2.05 bits per heavy atom. The van der Waals surface area contributed by atoms with E-state index in [1.54, 1.807) is 6.92 Å². The quantitative estimate of drug-likeness (QED) is 0.564. The van der Waals surface area contributed by atoms with Crippen LogP contribution in [0.25, 0.3) is 0 Å². The summed E-state index contributed by atoms with van der Waals surface area (Å²) >= 11 is 0. The molecule has 1 aliphatic heterocycles. The van der Waals surface area contributed by atoms with Crippen molar-refractivity contribution in [3.63, 3.8) is 0 Å². The zero-order valence-corrected chi connectivity index (χ0v) is 11.1. The molecule has 0 aromatic carbocycles. The lowest BCUT2D eigenvalue weighted by Gasteiger charge is -2.20. The van der Waals surface area contributed by atoms with Crippen molar-refractivity contribution in [2.75, 3.05) is 20.3 Å². The van der Waals surface area contributed by atoms with Gasteiger partial charge in [-0.2, -0.15) is 0 Å². The summed E-state index contributed by atoms with van der Waals surface area (Å²) in [6, 6.07) is -0.427. The standard InChI is InChI=1S/C12H19NO6/c1-3-19-11(15)6-9(14)4-8-5-10(18-2)7-13(8)12(16)17/h8,10H,3-7H2,1-2H3,(H,16,17). The van der Waals surface area contributed by atoms with Crippen molar-refractivity contribution in [3.8, 4) is 0 Å². The summed E-state index contributed by atoms with van der Waals surface area (Å²) in [6.07, 6.45) is -1.09. The maximum Gasteiger partial charge on any atom is 0.407 e. The summed E-state index contributed by atoms with van der Waals surface area (Å²) in [5.41, 5.74) is 0. The van der Waals surface area contributed by atoms with Crippen molar-refractivity contribution in [1.29, 1.82) is 0 Å². The third kappa shape index (κ3) is 4.51. The molecule has 19 heavy (non-hydrogen) atoms. The first-order valence-corrected chi connectivity index (χ1v) is 6.17. The Labute approximate surface area is 111 Å². The molecule has 2 atom stereocenters. The van der Waals surface area contributed by atoms with Crippen LogP contribution in [0.4, 0.5) is 4.79 Å². The summed E-state index contributed by atoms with van der Waals surface area (Å²) in [5, 5.41) is 9.04. The summed E-state index contributed by atoms with van der Waals surface area (Å²) < 4.78 is 9.79. The third-order valence-electron chi connectivity index (χ3n) is 3.07. The molecule has 0 bridgehead atoms. The molecule has 0 radical (unpaired) electrons. The van der Waals surface area contributed by atoms with Crippen molar-refractivity contribution in [3.05, 3.63) is 0 Å².